The molecule has 0 aromatic heterocycles. The Bertz CT molecular complexity index is 829. The smallest absolute Gasteiger partial charge is 0.264 e. The topological polar surface area (TPSA) is 72.5 Å². The predicted molar refractivity (Wildman–Crippen MR) is 83.8 cm³/mol. The molecule has 0 bridgehead atoms. The van der Waals surface area contributed by atoms with Gasteiger partial charge in [0, 0.05) is 12.1 Å². The first-order valence-electron chi connectivity index (χ1n) is 6.55. The minimum absolute atomic E-state index is 0.0830. The molecule has 0 saturated heterocycles. The van der Waals surface area contributed by atoms with Crippen molar-refractivity contribution in [3.05, 3.63) is 66.0 Å². The predicted octanol–water partition coefficient (Wildman–Crippen LogP) is 2.35. The van der Waals surface area contributed by atoms with Gasteiger partial charge in [-0.25, -0.2) is 17.5 Å². The summed E-state index contributed by atoms with van der Waals surface area (Å²) in [5, 5.41) is 0. The molecule has 1 amide bonds. The van der Waals surface area contributed by atoms with Gasteiger partial charge in [0.1, 0.15) is 11.6 Å². The molecular formula is C16H14FNO4S. The quantitative estimate of drug-likeness (QED) is 0.852. The number of halogens is 1. The van der Waals surface area contributed by atoms with Crippen molar-refractivity contribution < 1.29 is 22.3 Å². The van der Waals surface area contributed by atoms with Crippen LogP contribution >= 0.6 is 0 Å². The number of carbonyl (C=O) groups excluding carboxylic acids is 1. The third-order valence-electron chi connectivity index (χ3n) is 2.88. The van der Waals surface area contributed by atoms with Crippen molar-refractivity contribution in [3.8, 4) is 5.75 Å². The number of ether oxygens (including phenoxy) is 1. The Morgan fingerprint density at radius 3 is 2.52 bits per heavy atom. The lowest BCUT2D eigenvalue weighted by atomic mass is 10.2. The Balaban J connectivity index is 2.10. The van der Waals surface area contributed by atoms with E-state index in [1.54, 1.807) is 6.07 Å². The van der Waals surface area contributed by atoms with Gasteiger partial charge in [-0.15, -0.1) is 0 Å². The summed E-state index contributed by atoms with van der Waals surface area (Å²) in [6.07, 6.45) is 2.45. The van der Waals surface area contributed by atoms with Gasteiger partial charge < -0.3 is 4.74 Å². The van der Waals surface area contributed by atoms with E-state index in [4.69, 9.17) is 4.74 Å². The number of hydrogen-bond donors (Lipinski definition) is 1. The highest BCUT2D eigenvalue weighted by Gasteiger charge is 2.16. The molecular weight excluding hydrogens is 321 g/mol. The Morgan fingerprint density at radius 1 is 1.17 bits per heavy atom. The molecule has 7 heteroatoms. The Morgan fingerprint density at radius 2 is 1.87 bits per heavy atom. The van der Waals surface area contributed by atoms with Gasteiger partial charge in [0.05, 0.1) is 12.0 Å². The highest BCUT2D eigenvalue weighted by atomic mass is 32.2. The first-order valence-corrected chi connectivity index (χ1v) is 8.03. The van der Waals surface area contributed by atoms with Crippen LogP contribution in [0.3, 0.4) is 0 Å². The molecule has 0 heterocycles. The lowest BCUT2D eigenvalue weighted by molar-refractivity contribution is -0.114. The first-order chi connectivity index (χ1) is 10.9. The maximum absolute atomic E-state index is 12.8. The molecule has 0 atom stereocenters. The standard InChI is InChI=1S/C16H14FNO4S/c1-22-14-3-2-4-15(11-14)23(20,21)18-16(19)10-7-12-5-8-13(17)9-6-12/h2-11H,1H3,(H,18,19)/b10-7+. The van der Waals surface area contributed by atoms with Gasteiger partial charge in [0.25, 0.3) is 15.9 Å². The molecule has 23 heavy (non-hydrogen) atoms. The van der Waals surface area contributed by atoms with Gasteiger partial charge >= 0.3 is 0 Å². The van der Waals surface area contributed by atoms with Crippen molar-refractivity contribution in [2.24, 2.45) is 0 Å². The lowest BCUT2D eigenvalue weighted by Crippen LogP contribution is -2.28. The third kappa shape index (κ3) is 4.65. The minimum atomic E-state index is -3.99. The summed E-state index contributed by atoms with van der Waals surface area (Å²) in [5.74, 6) is -0.841. The van der Waals surface area contributed by atoms with Crippen LogP contribution in [0.25, 0.3) is 6.08 Å². The molecule has 0 fully saturated rings. The van der Waals surface area contributed by atoms with E-state index < -0.39 is 21.7 Å². The zero-order valence-electron chi connectivity index (χ0n) is 12.2. The number of hydrogen-bond acceptors (Lipinski definition) is 4. The van der Waals surface area contributed by atoms with Gasteiger partial charge in [-0.1, -0.05) is 18.2 Å². The van der Waals surface area contributed by atoms with E-state index in [0.717, 1.165) is 6.08 Å². The van der Waals surface area contributed by atoms with Crippen molar-refractivity contribution in [2.75, 3.05) is 7.11 Å². The number of carbonyl (C=O) groups is 1. The molecule has 1 N–H and O–H groups in total. The molecule has 2 rings (SSSR count). The SMILES string of the molecule is COc1cccc(S(=O)(=O)NC(=O)/C=C/c2ccc(F)cc2)c1. The third-order valence-corrected chi connectivity index (χ3v) is 4.23. The van der Waals surface area contributed by atoms with E-state index >= 15 is 0 Å². The second-order valence-electron chi connectivity index (χ2n) is 4.53. The van der Waals surface area contributed by atoms with E-state index in [1.165, 1.54) is 55.7 Å². The van der Waals surface area contributed by atoms with Gasteiger partial charge in [0.2, 0.25) is 0 Å². The molecule has 0 aliphatic carbocycles. The zero-order valence-corrected chi connectivity index (χ0v) is 13.0. The number of amides is 1. The highest BCUT2D eigenvalue weighted by molar-refractivity contribution is 7.90. The Kier molecular flexibility index (Phi) is 5.13. The molecule has 5 nitrogen and oxygen atoms in total. The van der Waals surface area contributed by atoms with E-state index in [0.29, 0.717) is 11.3 Å². The fraction of sp³-hybridized carbons (Fsp3) is 0.0625. The van der Waals surface area contributed by atoms with E-state index in [1.807, 2.05) is 4.72 Å². The highest BCUT2D eigenvalue weighted by Crippen LogP contribution is 2.16. The van der Waals surface area contributed by atoms with Crippen LogP contribution in [-0.4, -0.2) is 21.4 Å². The van der Waals surface area contributed by atoms with Crippen molar-refractivity contribution in [2.45, 2.75) is 4.90 Å². The van der Waals surface area contributed by atoms with Crippen LogP contribution in [0.1, 0.15) is 5.56 Å². The average molecular weight is 335 g/mol. The fourth-order valence-corrected chi connectivity index (χ4v) is 2.72. The minimum Gasteiger partial charge on any atom is -0.497 e. The molecule has 0 saturated carbocycles. The summed E-state index contributed by atoms with van der Waals surface area (Å²) in [7, 11) is -2.58. The fourth-order valence-electron chi connectivity index (χ4n) is 1.74. The second kappa shape index (κ2) is 7.06. The molecule has 120 valence electrons. The van der Waals surface area contributed by atoms with Gasteiger partial charge in [0.15, 0.2) is 0 Å². The normalized spacial score (nSPS) is 11.4. The first kappa shape index (κ1) is 16.7. The maximum atomic E-state index is 12.8. The molecule has 2 aromatic carbocycles. The molecule has 0 aliphatic heterocycles. The van der Waals surface area contributed by atoms with Crippen LogP contribution in [0, 0.1) is 5.82 Å². The van der Waals surface area contributed by atoms with Crippen molar-refractivity contribution >= 4 is 22.0 Å². The summed E-state index contributed by atoms with van der Waals surface area (Å²) in [4.78, 5) is 11.7. The summed E-state index contributed by atoms with van der Waals surface area (Å²) in [6.45, 7) is 0. The summed E-state index contributed by atoms with van der Waals surface area (Å²) in [6, 6.07) is 11.2. The largest absolute Gasteiger partial charge is 0.497 e. The molecule has 2 aromatic rings. The van der Waals surface area contributed by atoms with E-state index in [9.17, 15) is 17.6 Å². The number of methoxy groups -OCH3 is 1. The monoisotopic (exact) mass is 335 g/mol. The Hall–Kier alpha value is -2.67. The maximum Gasteiger partial charge on any atom is 0.264 e. The van der Waals surface area contributed by atoms with Crippen molar-refractivity contribution in [1.82, 2.24) is 4.72 Å². The number of sulfonamides is 1. The van der Waals surface area contributed by atoms with Crippen LogP contribution in [0.5, 0.6) is 5.75 Å². The summed E-state index contributed by atoms with van der Waals surface area (Å²) >= 11 is 0. The Labute approximate surface area is 133 Å². The van der Waals surface area contributed by atoms with Crippen LogP contribution in [0.15, 0.2) is 59.5 Å². The summed E-state index contributed by atoms with van der Waals surface area (Å²) < 4.78 is 43.8. The molecule has 0 aliphatic rings. The van der Waals surface area contributed by atoms with Gasteiger partial charge in [-0.3, -0.25) is 4.79 Å². The van der Waals surface area contributed by atoms with Crippen LogP contribution in [0.4, 0.5) is 4.39 Å². The average Bonchev–Trinajstić information content (AvgIpc) is 2.54. The van der Waals surface area contributed by atoms with Gasteiger partial charge in [-0.2, -0.15) is 0 Å². The lowest BCUT2D eigenvalue weighted by Gasteiger charge is -2.06. The van der Waals surface area contributed by atoms with E-state index in [-0.39, 0.29) is 4.90 Å². The van der Waals surface area contributed by atoms with Crippen LogP contribution in [0.2, 0.25) is 0 Å². The number of rotatable bonds is 5. The van der Waals surface area contributed by atoms with Crippen molar-refractivity contribution in [3.63, 3.8) is 0 Å². The zero-order chi connectivity index (χ0) is 16.9. The number of nitrogens with one attached hydrogen (secondary N) is 1. The molecule has 0 spiro atoms. The van der Waals surface area contributed by atoms with Crippen LogP contribution in [-0.2, 0) is 14.8 Å². The number of benzene rings is 2. The second-order valence-corrected chi connectivity index (χ2v) is 6.22. The molecule has 0 radical (unpaired) electrons. The summed E-state index contributed by atoms with van der Waals surface area (Å²) in [5.41, 5.74) is 0.570. The van der Waals surface area contributed by atoms with Crippen molar-refractivity contribution in [1.29, 1.82) is 0 Å². The van der Waals surface area contributed by atoms with E-state index in [2.05, 4.69) is 0 Å². The van der Waals surface area contributed by atoms with Gasteiger partial charge in [-0.05, 0) is 35.9 Å². The molecule has 0 unspecified atom stereocenters. The van der Waals surface area contributed by atoms with Crippen LogP contribution < -0.4 is 9.46 Å².